The lowest BCUT2D eigenvalue weighted by Crippen LogP contribution is -2.44. The Hall–Kier alpha value is -1.07. The van der Waals surface area contributed by atoms with Crippen molar-refractivity contribution in [1.82, 2.24) is 0 Å². The summed E-state index contributed by atoms with van der Waals surface area (Å²) < 4.78 is 24.4. The first kappa shape index (κ1) is 11.4. The van der Waals surface area contributed by atoms with Crippen LogP contribution in [0.15, 0.2) is 23.1 Å². The first-order chi connectivity index (χ1) is 7.48. The lowest BCUT2D eigenvalue weighted by atomic mass is 10.1. The van der Waals surface area contributed by atoms with Crippen LogP contribution in [0.2, 0.25) is 0 Å². The second-order valence-corrected chi connectivity index (χ2v) is 6.28. The molecule has 1 aromatic carbocycles. The molecule has 0 amide bonds. The highest BCUT2D eigenvalue weighted by atomic mass is 32.2. The van der Waals surface area contributed by atoms with Gasteiger partial charge in [-0.15, -0.1) is 0 Å². The normalized spacial score (nSPS) is 26.9. The van der Waals surface area contributed by atoms with Gasteiger partial charge < -0.3 is 10.4 Å². The Bertz CT molecular complexity index is 510. The van der Waals surface area contributed by atoms with Crippen LogP contribution in [0.4, 0.5) is 5.69 Å². The minimum absolute atomic E-state index is 0.274. The standard InChI is InChI=1S/C11H15NO3S/c1-7-4-3-5-9-11(7)12-8(2)10(6-13)16(9,14)15/h3-5,8,10,12-13H,6H2,1-2H3. The summed E-state index contributed by atoms with van der Waals surface area (Å²) in [6, 6.07) is 4.90. The third-order valence-electron chi connectivity index (χ3n) is 3.05. The Balaban J connectivity index is 2.67. The number of aliphatic hydroxyl groups excluding tert-OH is 1. The Labute approximate surface area is 95.2 Å². The first-order valence-electron chi connectivity index (χ1n) is 5.19. The van der Waals surface area contributed by atoms with Gasteiger partial charge in [0.05, 0.1) is 17.2 Å². The van der Waals surface area contributed by atoms with Crippen molar-refractivity contribution in [3.05, 3.63) is 23.8 Å². The van der Waals surface area contributed by atoms with Gasteiger partial charge in [-0.25, -0.2) is 8.42 Å². The Morgan fingerprint density at radius 1 is 1.44 bits per heavy atom. The lowest BCUT2D eigenvalue weighted by Gasteiger charge is -2.31. The number of para-hydroxylation sites is 1. The third kappa shape index (κ3) is 1.51. The molecule has 2 atom stereocenters. The second-order valence-electron chi connectivity index (χ2n) is 4.15. The third-order valence-corrected chi connectivity index (χ3v) is 5.36. The highest BCUT2D eigenvalue weighted by Gasteiger charge is 2.38. The summed E-state index contributed by atoms with van der Waals surface area (Å²) in [7, 11) is -3.42. The van der Waals surface area contributed by atoms with Crippen LogP contribution >= 0.6 is 0 Å². The number of hydrogen-bond acceptors (Lipinski definition) is 4. The zero-order valence-electron chi connectivity index (χ0n) is 9.27. The molecule has 0 aromatic heterocycles. The largest absolute Gasteiger partial charge is 0.395 e. The number of anilines is 1. The van der Waals surface area contributed by atoms with Crippen LogP contribution in [0.3, 0.4) is 0 Å². The van der Waals surface area contributed by atoms with E-state index in [2.05, 4.69) is 5.32 Å². The Morgan fingerprint density at radius 3 is 2.75 bits per heavy atom. The minimum Gasteiger partial charge on any atom is -0.395 e. The molecule has 0 aliphatic carbocycles. The summed E-state index contributed by atoms with van der Waals surface area (Å²) in [6.45, 7) is 3.28. The maximum Gasteiger partial charge on any atom is 0.187 e. The molecule has 1 heterocycles. The summed E-state index contributed by atoms with van der Waals surface area (Å²) in [5.74, 6) is 0. The molecule has 0 fully saturated rings. The fourth-order valence-electron chi connectivity index (χ4n) is 2.07. The molecule has 2 rings (SSSR count). The van der Waals surface area contributed by atoms with Crippen molar-refractivity contribution in [3.63, 3.8) is 0 Å². The molecule has 0 spiro atoms. The van der Waals surface area contributed by atoms with E-state index in [1.54, 1.807) is 19.1 Å². The van der Waals surface area contributed by atoms with Gasteiger partial charge in [0.15, 0.2) is 9.84 Å². The van der Waals surface area contributed by atoms with Crippen LogP contribution in [-0.4, -0.2) is 31.4 Å². The fourth-order valence-corrected chi connectivity index (χ4v) is 3.97. The zero-order valence-corrected chi connectivity index (χ0v) is 10.1. The number of rotatable bonds is 1. The topological polar surface area (TPSA) is 66.4 Å². The first-order valence-corrected chi connectivity index (χ1v) is 6.74. The molecule has 2 unspecified atom stereocenters. The van der Waals surface area contributed by atoms with Crippen molar-refractivity contribution in [3.8, 4) is 0 Å². The van der Waals surface area contributed by atoms with Crippen molar-refractivity contribution in [1.29, 1.82) is 0 Å². The average Bonchev–Trinajstić information content (AvgIpc) is 2.20. The number of fused-ring (bicyclic) bond motifs is 1. The molecule has 0 radical (unpaired) electrons. The van der Waals surface area contributed by atoms with Gasteiger partial charge in [0.2, 0.25) is 0 Å². The number of benzene rings is 1. The molecule has 16 heavy (non-hydrogen) atoms. The number of hydrogen-bond donors (Lipinski definition) is 2. The quantitative estimate of drug-likeness (QED) is 0.768. The summed E-state index contributed by atoms with van der Waals surface area (Å²) in [6.07, 6.45) is 0. The van der Waals surface area contributed by atoms with Gasteiger partial charge in [0, 0.05) is 6.04 Å². The van der Waals surface area contributed by atoms with E-state index in [0.29, 0.717) is 10.6 Å². The van der Waals surface area contributed by atoms with Crippen molar-refractivity contribution < 1.29 is 13.5 Å². The SMILES string of the molecule is Cc1cccc2c1NC(C)C(CO)S2(=O)=O. The van der Waals surface area contributed by atoms with Gasteiger partial charge in [0.1, 0.15) is 5.25 Å². The maximum atomic E-state index is 12.2. The summed E-state index contributed by atoms with van der Waals surface area (Å²) >= 11 is 0. The van der Waals surface area contributed by atoms with E-state index in [4.69, 9.17) is 0 Å². The van der Waals surface area contributed by atoms with Crippen LogP contribution < -0.4 is 5.32 Å². The van der Waals surface area contributed by atoms with Crippen molar-refractivity contribution in [2.45, 2.75) is 30.0 Å². The van der Waals surface area contributed by atoms with Gasteiger partial charge in [-0.3, -0.25) is 0 Å². The molecule has 88 valence electrons. The van der Waals surface area contributed by atoms with E-state index >= 15 is 0 Å². The summed E-state index contributed by atoms with van der Waals surface area (Å²) in [5.41, 5.74) is 1.57. The van der Waals surface area contributed by atoms with Gasteiger partial charge in [0.25, 0.3) is 0 Å². The van der Waals surface area contributed by atoms with Crippen LogP contribution in [-0.2, 0) is 9.84 Å². The number of sulfone groups is 1. The number of aryl methyl sites for hydroxylation is 1. The molecule has 0 bridgehead atoms. The highest BCUT2D eigenvalue weighted by Crippen LogP contribution is 2.34. The van der Waals surface area contributed by atoms with Crippen LogP contribution in [0, 0.1) is 6.92 Å². The van der Waals surface area contributed by atoms with Crippen LogP contribution in [0.25, 0.3) is 0 Å². The fraction of sp³-hybridized carbons (Fsp3) is 0.455. The van der Waals surface area contributed by atoms with Crippen LogP contribution in [0.1, 0.15) is 12.5 Å². The van der Waals surface area contributed by atoms with Crippen molar-refractivity contribution in [2.24, 2.45) is 0 Å². The predicted molar refractivity (Wildman–Crippen MR) is 62.3 cm³/mol. The summed E-state index contributed by atoms with van der Waals surface area (Å²) in [5, 5.41) is 11.6. The van der Waals surface area contributed by atoms with Gasteiger partial charge in [-0.05, 0) is 25.5 Å². The van der Waals surface area contributed by atoms with Gasteiger partial charge in [-0.2, -0.15) is 0 Å². The van der Waals surface area contributed by atoms with E-state index in [9.17, 15) is 13.5 Å². The molecular formula is C11H15NO3S. The molecular weight excluding hydrogens is 226 g/mol. The van der Waals surface area contributed by atoms with Crippen molar-refractivity contribution >= 4 is 15.5 Å². The molecule has 1 aliphatic heterocycles. The molecule has 1 aromatic rings. The lowest BCUT2D eigenvalue weighted by molar-refractivity contribution is 0.282. The number of aliphatic hydroxyl groups is 1. The molecule has 5 heteroatoms. The number of nitrogens with one attached hydrogen (secondary N) is 1. The van der Waals surface area contributed by atoms with E-state index in [-0.39, 0.29) is 12.6 Å². The Kier molecular flexibility index (Phi) is 2.67. The molecule has 0 saturated heterocycles. The molecule has 2 N–H and O–H groups in total. The second kappa shape index (κ2) is 3.75. The Morgan fingerprint density at radius 2 is 2.12 bits per heavy atom. The smallest absolute Gasteiger partial charge is 0.187 e. The van der Waals surface area contributed by atoms with E-state index in [1.165, 1.54) is 0 Å². The predicted octanol–water partition coefficient (Wildman–Crippen LogP) is 0.944. The molecule has 1 aliphatic rings. The van der Waals surface area contributed by atoms with E-state index in [1.807, 2.05) is 13.0 Å². The van der Waals surface area contributed by atoms with Crippen molar-refractivity contribution in [2.75, 3.05) is 11.9 Å². The van der Waals surface area contributed by atoms with Crippen LogP contribution in [0.5, 0.6) is 0 Å². The van der Waals surface area contributed by atoms with Gasteiger partial charge >= 0.3 is 0 Å². The maximum absolute atomic E-state index is 12.2. The zero-order chi connectivity index (χ0) is 11.9. The molecule has 0 saturated carbocycles. The monoisotopic (exact) mass is 241 g/mol. The summed E-state index contributed by atoms with van der Waals surface area (Å²) in [4.78, 5) is 0.296. The highest BCUT2D eigenvalue weighted by molar-refractivity contribution is 7.92. The van der Waals surface area contributed by atoms with E-state index in [0.717, 1.165) is 5.56 Å². The van der Waals surface area contributed by atoms with E-state index < -0.39 is 15.1 Å². The minimum atomic E-state index is -3.42. The molecule has 4 nitrogen and oxygen atoms in total. The van der Waals surface area contributed by atoms with Gasteiger partial charge in [-0.1, -0.05) is 12.1 Å². The average molecular weight is 241 g/mol.